The molecule has 1 saturated heterocycles. The van der Waals surface area contributed by atoms with E-state index in [-0.39, 0.29) is 0 Å². The fourth-order valence-electron chi connectivity index (χ4n) is 5.29. The molecule has 2 aromatic heterocycles. The second kappa shape index (κ2) is 10.1. The van der Waals surface area contributed by atoms with Crippen molar-refractivity contribution in [3.8, 4) is 22.8 Å². The molecule has 190 valence electrons. The molecule has 1 N–H and O–H groups in total. The lowest BCUT2D eigenvalue weighted by Gasteiger charge is -2.38. The highest BCUT2D eigenvalue weighted by Gasteiger charge is 2.26. The maximum Gasteiger partial charge on any atom is 0.257 e. The molecule has 37 heavy (non-hydrogen) atoms. The molecule has 0 bridgehead atoms. The first kappa shape index (κ1) is 23.9. The molecule has 4 aromatic rings. The van der Waals surface area contributed by atoms with Crippen LogP contribution >= 0.6 is 11.6 Å². The average Bonchev–Trinajstić information content (AvgIpc) is 2.91. The molecular formula is C29H30ClN5O2. The van der Waals surface area contributed by atoms with Crippen LogP contribution in [0.3, 0.4) is 0 Å². The van der Waals surface area contributed by atoms with Crippen molar-refractivity contribution in [3.05, 3.63) is 71.0 Å². The van der Waals surface area contributed by atoms with Crippen LogP contribution in [0.2, 0.25) is 5.02 Å². The summed E-state index contributed by atoms with van der Waals surface area (Å²) in [7, 11) is 0. The van der Waals surface area contributed by atoms with Crippen molar-refractivity contribution in [3.63, 3.8) is 0 Å². The summed E-state index contributed by atoms with van der Waals surface area (Å²) in [5, 5.41) is 5.42. The number of nitrogens with zero attached hydrogens (tertiary/aromatic N) is 4. The Morgan fingerprint density at radius 1 is 1.05 bits per heavy atom. The molecule has 4 heterocycles. The maximum absolute atomic E-state index is 6.04. The van der Waals surface area contributed by atoms with Crippen LogP contribution in [0.25, 0.3) is 22.0 Å². The zero-order valence-electron chi connectivity index (χ0n) is 21.1. The first-order valence-electron chi connectivity index (χ1n) is 12.8. The van der Waals surface area contributed by atoms with Gasteiger partial charge in [0, 0.05) is 47.3 Å². The lowest BCUT2D eigenvalue weighted by Crippen LogP contribution is -2.44. The lowest BCUT2D eigenvalue weighted by atomic mass is 9.97. The summed E-state index contributed by atoms with van der Waals surface area (Å²) in [6.07, 6.45) is 3.85. The predicted molar refractivity (Wildman–Crippen MR) is 146 cm³/mol. The van der Waals surface area contributed by atoms with Crippen LogP contribution in [-0.2, 0) is 6.54 Å². The number of aromatic nitrogens is 3. The molecule has 2 aliphatic heterocycles. The Labute approximate surface area is 221 Å². The minimum absolute atomic E-state index is 0.341. The van der Waals surface area contributed by atoms with E-state index in [9.17, 15) is 0 Å². The van der Waals surface area contributed by atoms with Crippen molar-refractivity contribution < 1.29 is 9.47 Å². The molecule has 2 atom stereocenters. The van der Waals surface area contributed by atoms with E-state index in [0.717, 1.165) is 58.7 Å². The van der Waals surface area contributed by atoms with Gasteiger partial charge in [0.2, 0.25) is 5.95 Å². The zero-order valence-corrected chi connectivity index (χ0v) is 21.8. The van der Waals surface area contributed by atoms with E-state index in [0.29, 0.717) is 42.9 Å². The standard InChI is InChI=1S/C29H30ClN5O2/c1-18-15-23(10-12-35(18)17-20-3-6-22(30)7-4-20)33-29-32-19(2)25-16-21(5-8-26(25)34-29)24-9-11-31-28-27(24)36-13-14-37-28/h3-9,11,16,18,23H,10,12-15,17H2,1-2H3,(H,32,33,34)/t18-,23-/m0/s1. The summed E-state index contributed by atoms with van der Waals surface area (Å²) in [4.78, 5) is 16.5. The Balaban J connectivity index is 1.17. The number of piperidine rings is 1. The summed E-state index contributed by atoms with van der Waals surface area (Å²) < 4.78 is 11.5. The van der Waals surface area contributed by atoms with Crippen LogP contribution in [0, 0.1) is 6.92 Å². The SMILES string of the molecule is Cc1nc(N[C@H]2CCN(Cc3ccc(Cl)cc3)[C@@H](C)C2)nc2ccc(-c3ccnc4c3OCCO4)cc12. The van der Waals surface area contributed by atoms with Gasteiger partial charge in [0.05, 0.1) is 11.2 Å². The van der Waals surface area contributed by atoms with Crippen LogP contribution in [0.4, 0.5) is 5.95 Å². The summed E-state index contributed by atoms with van der Waals surface area (Å²) in [6.45, 7) is 7.34. The van der Waals surface area contributed by atoms with Gasteiger partial charge in [0.15, 0.2) is 5.75 Å². The molecule has 2 aliphatic rings. The fraction of sp³-hybridized carbons (Fsp3) is 0.345. The molecule has 0 unspecified atom stereocenters. The van der Waals surface area contributed by atoms with Crippen molar-refractivity contribution in [2.75, 3.05) is 25.1 Å². The third-order valence-corrected chi connectivity index (χ3v) is 7.54. The molecule has 0 aliphatic carbocycles. The lowest BCUT2D eigenvalue weighted by molar-refractivity contribution is 0.144. The number of anilines is 1. The summed E-state index contributed by atoms with van der Waals surface area (Å²) >= 11 is 6.04. The molecular weight excluding hydrogens is 486 g/mol. The smallest absolute Gasteiger partial charge is 0.257 e. The topological polar surface area (TPSA) is 72.4 Å². The molecule has 2 aromatic carbocycles. The minimum atomic E-state index is 0.341. The van der Waals surface area contributed by atoms with E-state index in [1.807, 2.05) is 25.1 Å². The summed E-state index contributed by atoms with van der Waals surface area (Å²) in [5.41, 5.74) is 5.16. The Hall–Kier alpha value is -3.42. The van der Waals surface area contributed by atoms with Crippen LogP contribution in [0.1, 0.15) is 31.0 Å². The third kappa shape index (κ3) is 5.06. The van der Waals surface area contributed by atoms with Crippen LogP contribution in [0.5, 0.6) is 11.6 Å². The number of benzene rings is 2. The molecule has 1 fully saturated rings. The number of likely N-dealkylation sites (tertiary alicyclic amines) is 1. The number of ether oxygens (including phenoxy) is 2. The van der Waals surface area contributed by atoms with Gasteiger partial charge in [-0.05, 0) is 68.1 Å². The number of halogens is 1. The largest absolute Gasteiger partial charge is 0.484 e. The normalized spacial score (nSPS) is 19.6. The Kier molecular flexibility index (Phi) is 6.57. The van der Waals surface area contributed by atoms with E-state index < -0.39 is 0 Å². The first-order valence-corrected chi connectivity index (χ1v) is 13.2. The van der Waals surface area contributed by atoms with Crippen molar-refractivity contribution in [2.45, 2.75) is 45.3 Å². The third-order valence-electron chi connectivity index (χ3n) is 7.28. The van der Waals surface area contributed by atoms with E-state index in [1.165, 1.54) is 5.56 Å². The van der Waals surface area contributed by atoms with Crippen LogP contribution in [0.15, 0.2) is 54.7 Å². The highest BCUT2D eigenvalue weighted by molar-refractivity contribution is 6.30. The van der Waals surface area contributed by atoms with Crippen molar-refractivity contribution in [2.24, 2.45) is 0 Å². The monoisotopic (exact) mass is 515 g/mol. The number of hydrogen-bond acceptors (Lipinski definition) is 7. The maximum atomic E-state index is 6.04. The first-order chi connectivity index (χ1) is 18.0. The van der Waals surface area contributed by atoms with Gasteiger partial charge in [-0.15, -0.1) is 0 Å². The number of nitrogens with one attached hydrogen (secondary N) is 1. The van der Waals surface area contributed by atoms with Gasteiger partial charge in [0.25, 0.3) is 5.88 Å². The van der Waals surface area contributed by atoms with Crippen molar-refractivity contribution in [1.82, 2.24) is 19.9 Å². The number of aryl methyl sites for hydroxylation is 1. The zero-order chi connectivity index (χ0) is 25.4. The molecule has 7 nitrogen and oxygen atoms in total. The second-order valence-corrected chi connectivity index (χ2v) is 10.3. The number of pyridine rings is 1. The summed E-state index contributed by atoms with van der Waals surface area (Å²) in [5.74, 6) is 1.94. The summed E-state index contributed by atoms with van der Waals surface area (Å²) in [6, 6.07) is 17.2. The average molecular weight is 516 g/mol. The van der Waals surface area contributed by atoms with Gasteiger partial charge in [-0.3, -0.25) is 4.90 Å². The molecule has 0 spiro atoms. The molecule has 6 rings (SSSR count). The van der Waals surface area contributed by atoms with E-state index in [1.54, 1.807) is 6.20 Å². The Morgan fingerprint density at radius 3 is 2.73 bits per heavy atom. The highest BCUT2D eigenvalue weighted by atomic mass is 35.5. The Bertz CT molecular complexity index is 1430. The minimum Gasteiger partial charge on any atom is -0.484 e. The van der Waals surface area contributed by atoms with Gasteiger partial charge >= 0.3 is 0 Å². The van der Waals surface area contributed by atoms with Crippen LogP contribution in [-0.4, -0.2) is 51.7 Å². The number of hydrogen-bond donors (Lipinski definition) is 1. The molecule has 0 radical (unpaired) electrons. The van der Waals surface area contributed by atoms with E-state index >= 15 is 0 Å². The molecule has 0 amide bonds. The van der Waals surface area contributed by atoms with E-state index in [4.69, 9.17) is 31.0 Å². The quantitative estimate of drug-likeness (QED) is 0.355. The number of rotatable bonds is 5. The fourth-order valence-corrected chi connectivity index (χ4v) is 5.41. The molecule has 8 heteroatoms. The Morgan fingerprint density at radius 2 is 1.89 bits per heavy atom. The highest BCUT2D eigenvalue weighted by Crippen LogP contribution is 2.39. The van der Waals surface area contributed by atoms with Crippen molar-refractivity contribution >= 4 is 28.5 Å². The van der Waals surface area contributed by atoms with Crippen LogP contribution < -0.4 is 14.8 Å². The van der Waals surface area contributed by atoms with Gasteiger partial charge < -0.3 is 14.8 Å². The van der Waals surface area contributed by atoms with Gasteiger partial charge in [-0.2, -0.15) is 0 Å². The number of fused-ring (bicyclic) bond motifs is 2. The van der Waals surface area contributed by atoms with Gasteiger partial charge in [0.1, 0.15) is 13.2 Å². The predicted octanol–water partition coefficient (Wildman–Crippen LogP) is 5.89. The van der Waals surface area contributed by atoms with Gasteiger partial charge in [-0.25, -0.2) is 15.0 Å². The molecule has 0 saturated carbocycles. The van der Waals surface area contributed by atoms with Crippen molar-refractivity contribution in [1.29, 1.82) is 0 Å². The van der Waals surface area contributed by atoms with Gasteiger partial charge in [-0.1, -0.05) is 29.8 Å². The van der Waals surface area contributed by atoms with E-state index in [2.05, 4.69) is 52.5 Å². The second-order valence-electron chi connectivity index (χ2n) is 9.87.